The lowest BCUT2D eigenvalue weighted by Crippen LogP contribution is -2.23. The van der Waals surface area contributed by atoms with Gasteiger partial charge in [0.05, 0.1) is 5.69 Å². The zero-order valence-corrected chi connectivity index (χ0v) is 15.2. The van der Waals surface area contributed by atoms with Crippen LogP contribution in [0.2, 0.25) is 0 Å². The molecule has 1 aromatic heterocycles. The third kappa shape index (κ3) is 3.40. The molecule has 0 saturated carbocycles. The first kappa shape index (κ1) is 17.2. The minimum absolute atomic E-state index is 0.540. The van der Waals surface area contributed by atoms with Crippen molar-refractivity contribution in [2.24, 2.45) is 11.7 Å². The Morgan fingerprint density at radius 3 is 2.58 bits per heavy atom. The highest BCUT2D eigenvalue weighted by Gasteiger charge is 2.33. The molecule has 0 aliphatic carbocycles. The number of nitrogens with zero attached hydrogens (tertiary/aromatic N) is 3. The van der Waals surface area contributed by atoms with Gasteiger partial charge in [0.15, 0.2) is 0 Å². The van der Waals surface area contributed by atoms with E-state index in [-0.39, 0.29) is 0 Å². The Bertz CT molecular complexity index is 662. The van der Waals surface area contributed by atoms with E-state index in [1.54, 1.807) is 0 Å². The number of nitrogens with two attached hydrogens (primary N) is 1. The molecule has 2 heterocycles. The predicted molar refractivity (Wildman–Crippen MR) is 99.0 cm³/mol. The summed E-state index contributed by atoms with van der Waals surface area (Å²) in [4.78, 5) is 2.56. The Labute approximate surface area is 145 Å². The van der Waals surface area contributed by atoms with Crippen LogP contribution in [-0.2, 0) is 13.1 Å². The summed E-state index contributed by atoms with van der Waals surface area (Å²) < 4.78 is 2.16. The SMILES string of the molecule is CCCn1nc(C)c(CN2C[C@@H](CN)[C@H](c3ccccc3)C2)c1C. The normalized spacial score (nSPS) is 21.5. The molecule has 2 aromatic rings. The van der Waals surface area contributed by atoms with Gasteiger partial charge in [-0.1, -0.05) is 37.3 Å². The van der Waals surface area contributed by atoms with E-state index >= 15 is 0 Å². The maximum Gasteiger partial charge on any atom is 0.0641 e. The fourth-order valence-electron chi connectivity index (χ4n) is 4.02. The molecule has 0 bridgehead atoms. The van der Waals surface area contributed by atoms with Crippen LogP contribution in [0, 0.1) is 19.8 Å². The van der Waals surface area contributed by atoms with Crippen LogP contribution < -0.4 is 5.73 Å². The molecule has 4 nitrogen and oxygen atoms in total. The van der Waals surface area contributed by atoms with Crippen molar-refractivity contribution >= 4 is 0 Å². The highest BCUT2D eigenvalue weighted by atomic mass is 15.3. The lowest BCUT2D eigenvalue weighted by atomic mass is 9.89. The highest BCUT2D eigenvalue weighted by Crippen LogP contribution is 2.33. The molecule has 1 saturated heterocycles. The van der Waals surface area contributed by atoms with Crippen molar-refractivity contribution < 1.29 is 0 Å². The fraction of sp³-hybridized carbons (Fsp3) is 0.550. The van der Waals surface area contributed by atoms with Crippen LogP contribution in [0.3, 0.4) is 0 Å². The summed E-state index contributed by atoms with van der Waals surface area (Å²) in [5.41, 5.74) is 11.4. The van der Waals surface area contributed by atoms with E-state index in [2.05, 4.69) is 60.7 Å². The van der Waals surface area contributed by atoms with Gasteiger partial charge in [-0.15, -0.1) is 0 Å². The average Bonchev–Trinajstić information content (AvgIpc) is 3.12. The quantitative estimate of drug-likeness (QED) is 0.887. The zero-order chi connectivity index (χ0) is 17.1. The monoisotopic (exact) mass is 326 g/mol. The molecule has 0 unspecified atom stereocenters. The number of aryl methyl sites for hydroxylation is 2. The van der Waals surface area contributed by atoms with Crippen LogP contribution in [0.15, 0.2) is 30.3 Å². The second kappa shape index (κ2) is 7.49. The van der Waals surface area contributed by atoms with Gasteiger partial charge in [-0.2, -0.15) is 5.10 Å². The van der Waals surface area contributed by atoms with Gasteiger partial charge in [0.25, 0.3) is 0 Å². The molecule has 1 fully saturated rings. The topological polar surface area (TPSA) is 47.1 Å². The van der Waals surface area contributed by atoms with Gasteiger partial charge in [-0.05, 0) is 38.3 Å². The number of rotatable bonds is 6. The number of likely N-dealkylation sites (tertiary alicyclic amines) is 1. The van der Waals surface area contributed by atoms with E-state index < -0.39 is 0 Å². The third-order valence-electron chi connectivity index (χ3n) is 5.40. The summed E-state index contributed by atoms with van der Waals surface area (Å²) in [6.45, 7) is 11.5. The molecule has 1 aromatic carbocycles. The van der Waals surface area contributed by atoms with E-state index in [0.717, 1.165) is 39.1 Å². The number of benzene rings is 1. The van der Waals surface area contributed by atoms with Crippen LogP contribution in [0.1, 0.15) is 41.8 Å². The first-order chi connectivity index (χ1) is 11.6. The van der Waals surface area contributed by atoms with Crippen LogP contribution in [-0.4, -0.2) is 34.3 Å². The molecule has 24 heavy (non-hydrogen) atoms. The third-order valence-corrected chi connectivity index (χ3v) is 5.40. The van der Waals surface area contributed by atoms with E-state index in [4.69, 9.17) is 10.8 Å². The molecular formula is C20H30N4. The van der Waals surface area contributed by atoms with Crippen LogP contribution in [0.4, 0.5) is 0 Å². The summed E-state index contributed by atoms with van der Waals surface area (Å²) in [6.07, 6.45) is 1.12. The smallest absolute Gasteiger partial charge is 0.0641 e. The number of hydrogen-bond acceptors (Lipinski definition) is 3. The second-order valence-corrected chi connectivity index (χ2v) is 7.08. The first-order valence-corrected chi connectivity index (χ1v) is 9.14. The summed E-state index contributed by atoms with van der Waals surface area (Å²) in [5.74, 6) is 1.08. The van der Waals surface area contributed by atoms with Gasteiger partial charge in [0.1, 0.15) is 0 Å². The van der Waals surface area contributed by atoms with Crippen molar-refractivity contribution in [3.8, 4) is 0 Å². The Morgan fingerprint density at radius 2 is 1.92 bits per heavy atom. The van der Waals surface area contributed by atoms with Crippen molar-refractivity contribution in [2.75, 3.05) is 19.6 Å². The van der Waals surface area contributed by atoms with Gasteiger partial charge in [0.2, 0.25) is 0 Å². The van der Waals surface area contributed by atoms with Crippen LogP contribution in [0.5, 0.6) is 0 Å². The number of aromatic nitrogens is 2. The average molecular weight is 326 g/mol. The molecule has 130 valence electrons. The maximum atomic E-state index is 6.08. The van der Waals surface area contributed by atoms with E-state index in [1.165, 1.54) is 22.5 Å². The highest BCUT2D eigenvalue weighted by molar-refractivity contribution is 5.26. The van der Waals surface area contributed by atoms with E-state index in [1.807, 2.05) is 0 Å². The van der Waals surface area contributed by atoms with Crippen molar-refractivity contribution in [2.45, 2.75) is 46.2 Å². The van der Waals surface area contributed by atoms with Gasteiger partial charge >= 0.3 is 0 Å². The first-order valence-electron chi connectivity index (χ1n) is 9.14. The largest absolute Gasteiger partial charge is 0.330 e. The van der Waals surface area contributed by atoms with Crippen LogP contribution >= 0.6 is 0 Å². The minimum atomic E-state index is 0.540. The molecule has 4 heteroatoms. The molecule has 2 N–H and O–H groups in total. The standard InChI is InChI=1S/C20H30N4/c1-4-10-24-16(3)19(15(2)22-24)13-23-12-18(11-21)20(14-23)17-8-6-5-7-9-17/h5-9,18,20H,4,10-14,21H2,1-3H3/t18-,20+/m1/s1. The summed E-state index contributed by atoms with van der Waals surface area (Å²) in [7, 11) is 0. The second-order valence-electron chi connectivity index (χ2n) is 7.08. The van der Waals surface area contributed by atoms with E-state index in [0.29, 0.717) is 11.8 Å². The van der Waals surface area contributed by atoms with Gasteiger partial charge < -0.3 is 5.73 Å². The Balaban J connectivity index is 1.75. The van der Waals surface area contributed by atoms with Crippen molar-refractivity contribution in [3.05, 3.63) is 52.8 Å². The minimum Gasteiger partial charge on any atom is -0.330 e. The Morgan fingerprint density at radius 1 is 1.17 bits per heavy atom. The van der Waals surface area contributed by atoms with Crippen molar-refractivity contribution in [1.29, 1.82) is 0 Å². The Hall–Kier alpha value is -1.65. The molecular weight excluding hydrogens is 296 g/mol. The molecule has 3 rings (SSSR count). The Kier molecular flexibility index (Phi) is 5.36. The van der Waals surface area contributed by atoms with Crippen LogP contribution in [0.25, 0.3) is 0 Å². The molecule has 0 spiro atoms. The molecule has 0 radical (unpaired) electrons. The molecule has 0 amide bonds. The fourth-order valence-corrected chi connectivity index (χ4v) is 4.02. The van der Waals surface area contributed by atoms with E-state index in [9.17, 15) is 0 Å². The lowest BCUT2D eigenvalue weighted by Gasteiger charge is -2.17. The maximum absolute atomic E-state index is 6.08. The van der Waals surface area contributed by atoms with Gasteiger partial charge in [-0.3, -0.25) is 9.58 Å². The molecule has 1 aliphatic rings. The lowest BCUT2D eigenvalue weighted by molar-refractivity contribution is 0.315. The van der Waals surface area contributed by atoms with Crippen molar-refractivity contribution in [3.63, 3.8) is 0 Å². The van der Waals surface area contributed by atoms with Gasteiger partial charge in [-0.25, -0.2) is 0 Å². The number of hydrogen-bond donors (Lipinski definition) is 1. The zero-order valence-electron chi connectivity index (χ0n) is 15.2. The summed E-state index contributed by atoms with van der Waals surface area (Å²) in [6, 6.07) is 10.8. The summed E-state index contributed by atoms with van der Waals surface area (Å²) in [5, 5.41) is 4.72. The predicted octanol–water partition coefficient (Wildman–Crippen LogP) is 3.08. The molecule has 1 aliphatic heterocycles. The van der Waals surface area contributed by atoms with Crippen molar-refractivity contribution in [1.82, 2.24) is 14.7 Å². The summed E-state index contributed by atoms with van der Waals surface area (Å²) >= 11 is 0. The molecule has 2 atom stereocenters. The van der Waals surface area contributed by atoms with Gasteiger partial charge in [0, 0.05) is 43.4 Å².